The molecule has 0 spiro atoms. The van der Waals surface area contributed by atoms with E-state index in [4.69, 9.17) is 9.05 Å². The van der Waals surface area contributed by atoms with Gasteiger partial charge in [-0.15, -0.1) is 0 Å². The van der Waals surface area contributed by atoms with Crippen LogP contribution in [-0.4, -0.2) is 73.4 Å². The lowest BCUT2D eigenvalue weighted by Gasteiger charge is -2.25. The summed E-state index contributed by atoms with van der Waals surface area (Å²) in [5, 5.41) is 14.0. The molecule has 486 valence electrons. The van der Waals surface area contributed by atoms with Gasteiger partial charge in [0.1, 0.15) is 13.2 Å². The Kier molecular flexibility index (Phi) is 62.4. The molecule has 0 bridgehead atoms. The van der Waals surface area contributed by atoms with Crippen molar-refractivity contribution in [2.45, 2.75) is 321 Å². The summed E-state index contributed by atoms with van der Waals surface area (Å²) in [6.45, 7) is 4.69. The highest BCUT2D eigenvalue weighted by Crippen LogP contribution is 2.43. The summed E-state index contributed by atoms with van der Waals surface area (Å²) in [5.74, 6) is -0.194. The lowest BCUT2D eigenvalue weighted by molar-refractivity contribution is -0.870. The number of carbonyl (C=O) groups excluding carboxylic acids is 1. The Morgan fingerprint density at radius 1 is 0.417 bits per heavy atom. The number of phosphoric acid groups is 1. The van der Waals surface area contributed by atoms with Gasteiger partial charge in [-0.1, -0.05) is 316 Å². The predicted molar refractivity (Wildman–Crippen MR) is 369 cm³/mol. The van der Waals surface area contributed by atoms with E-state index in [1.54, 1.807) is 6.08 Å². The van der Waals surface area contributed by atoms with Crippen LogP contribution in [0.2, 0.25) is 0 Å². The molecule has 0 aliphatic rings. The lowest BCUT2D eigenvalue weighted by Crippen LogP contribution is -2.45. The van der Waals surface area contributed by atoms with Gasteiger partial charge in [0.15, 0.2) is 0 Å². The molecule has 1 amide bonds. The van der Waals surface area contributed by atoms with Crippen LogP contribution in [-0.2, 0) is 18.4 Å². The second-order valence-electron chi connectivity index (χ2n) is 24.9. The van der Waals surface area contributed by atoms with Crippen molar-refractivity contribution >= 4 is 13.7 Å². The molecule has 0 aliphatic carbocycles. The Balaban J connectivity index is 4.16. The summed E-state index contributed by atoms with van der Waals surface area (Å²) in [5.41, 5.74) is 0. The Morgan fingerprint density at radius 2 is 0.726 bits per heavy atom. The average Bonchev–Trinajstić information content (AvgIpc) is 3.56. The summed E-state index contributed by atoms with van der Waals surface area (Å²) >= 11 is 0. The van der Waals surface area contributed by atoms with Gasteiger partial charge in [-0.05, 0) is 96.3 Å². The maximum Gasteiger partial charge on any atom is 0.472 e. The number of hydrogen-bond donors (Lipinski definition) is 3. The molecule has 0 aromatic heterocycles. The first-order valence-electron chi connectivity index (χ1n) is 35.3. The minimum absolute atomic E-state index is 0.0487. The fourth-order valence-corrected chi connectivity index (χ4v) is 10.8. The summed E-state index contributed by atoms with van der Waals surface area (Å²) in [4.78, 5) is 23.4. The van der Waals surface area contributed by atoms with Crippen LogP contribution in [0, 0.1) is 0 Å². The number of amides is 1. The summed E-state index contributed by atoms with van der Waals surface area (Å²) < 4.78 is 23.8. The summed E-state index contributed by atoms with van der Waals surface area (Å²) in [7, 11) is 1.54. The van der Waals surface area contributed by atoms with Crippen LogP contribution < -0.4 is 5.32 Å². The molecule has 0 aromatic rings. The largest absolute Gasteiger partial charge is 0.472 e. The van der Waals surface area contributed by atoms with Crippen molar-refractivity contribution < 1.29 is 32.9 Å². The minimum Gasteiger partial charge on any atom is -0.387 e. The molecule has 0 heterocycles. The number of phosphoric ester groups is 1. The third-order valence-electron chi connectivity index (χ3n) is 15.5. The van der Waals surface area contributed by atoms with Crippen LogP contribution in [0.4, 0.5) is 0 Å². The number of hydrogen-bond acceptors (Lipinski definition) is 5. The number of rotatable bonds is 64. The van der Waals surface area contributed by atoms with Gasteiger partial charge in [0, 0.05) is 6.42 Å². The van der Waals surface area contributed by atoms with Crippen molar-refractivity contribution in [3.63, 3.8) is 0 Å². The Bertz CT molecular complexity index is 1740. The van der Waals surface area contributed by atoms with Crippen LogP contribution in [0.5, 0.6) is 0 Å². The number of allylic oxidation sites excluding steroid dienone is 17. The molecular weight excluding hydrogens is 1060 g/mol. The maximum absolute atomic E-state index is 13.1. The van der Waals surface area contributed by atoms with E-state index in [2.05, 4.69) is 116 Å². The Morgan fingerprint density at radius 3 is 1.10 bits per heavy atom. The van der Waals surface area contributed by atoms with E-state index in [0.717, 1.165) is 83.5 Å². The molecule has 0 aliphatic heterocycles. The molecule has 84 heavy (non-hydrogen) atoms. The maximum atomic E-state index is 13.1. The van der Waals surface area contributed by atoms with Gasteiger partial charge in [0.2, 0.25) is 5.91 Å². The zero-order valence-corrected chi connectivity index (χ0v) is 56.5. The second kappa shape index (κ2) is 64.6. The predicted octanol–water partition coefficient (Wildman–Crippen LogP) is 22.7. The zero-order chi connectivity index (χ0) is 61.2. The van der Waals surface area contributed by atoms with Gasteiger partial charge >= 0.3 is 7.82 Å². The van der Waals surface area contributed by atoms with Gasteiger partial charge in [0.05, 0.1) is 39.9 Å². The highest BCUT2D eigenvalue weighted by atomic mass is 31.2. The normalized spacial score (nSPS) is 14.3. The van der Waals surface area contributed by atoms with E-state index < -0.39 is 20.0 Å². The quantitative estimate of drug-likeness (QED) is 0.0243. The fourth-order valence-electron chi connectivity index (χ4n) is 10.0. The van der Waals surface area contributed by atoms with Gasteiger partial charge in [-0.2, -0.15) is 0 Å². The topological polar surface area (TPSA) is 105 Å². The SMILES string of the molecule is CC/C=C\C/C=C\C/C=C\C/C=C\C/C=C\C/C=C\CCCCCCCCCCCCCCC(=O)NC(COP(=O)(O)OCC[N+](C)(C)C)C(O)/C=C/CC/C=C/CC/C=C/CCCCCCCCCCCCCCCCCCCCCCC. The van der Waals surface area contributed by atoms with Gasteiger partial charge in [0.25, 0.3) is 0 Å². The molecule has 3 atom stereocenters. The first kappa shape index (κ1) is 81.2. The standard InChI is InChI=1S/C75H135N2O6P/c1-6-8-10-12-14-16-18-20-22-24-26-28-30-32-34-36-38-40-42-44-46-48-50-52-54-56-58-60-62-64-66-68-74(78)73(72-83-84(80,81)82-71-70-77(3,4)5)76-75(79)69-67-65-63-61-59-57-55-53-51-49-47-45-43-41-39-37-35-33-31-29-27-25-23-21-19-17-15-13-11-9-7-2/h9,11,15,17,21,23,27,29,33,35,39,41,50,52,58,60,66,68,73-74,78H,6-8,10,12-14,16,18-20,22,24-26,28,30-32,34,36-38,40,42-49,51,53-57,59,61-65,67,69-72H2,1-5H3,(H-,76,79,80,81)/p+1/b11-9-,17-15-,23-21-,29-27-,35-33-,41-39-,52-50+,60-58+,68-66+. The van der Waals surface area contributed by atoms with Crippen molar-refractivity contribution in [2.24, 2.45) is 0 Å². The zero-order valence-electron chi connectivity index (χ0n) is 55.6. The molecule has 3 N–H and O–H groups in total. The first-order chi connectivity index (χ1) is 41.0. The third kappa shape index (κ3) is 66.7. The average molecular weight is 1190 g/mol. The highest BCUT2D eigenvalue weighted by molar-refractivity contribution is 7.47. The molecule has 0 saturated carbocycles. The van der Waals surface area contributed by atoms with Crippen molar-refractivity contribution in [3.05, 3.63) is 109 Å². The van der Waals surface area contributed by atoms with E-state index in [-0.39, 0.29) is 19.1 Å². The number of carbonyl (C=O) groups is 1. The minimum atomic E-state index is -4.37. The van der Waals surface area contributed by atoms with E-state index in [1.807, 2.05) is 27.2 Å². The van der Waals surface area contributed by atoms with Crippen LogP contribution in [0.1, 0.15) is 309 Å². The molecule has 0 fully saturated rings. The number of aliphatic hydroxyl groups is 1. The molecule has 8 nitrogen and oxygen atoms in total. The van der Waals surface area contributed by atoms with Crippen molar-refractivity contribution in [1.82, 2.24) is 5.32 Å². The van der Waals surface area contributed by atoms with Gasteiger partial charge in [-0.25, -0.2) is 4.57 Å². The van der Waals surface area contributed by atoms with Crippen LogP contribution in [0.3, 0.4) is 0 Å². The van der Waals surface area contributed by atoms with Crippen LogP contribution in [0.15, 0.2) is 109 Å². The van der Waals surface area contributed by atoms with Crippen molar-refractivity contribution in [3.8, 4) is 0 Å². The first-order valence-corrected chi connectivity index (χ1v) is 36.8. The van der Waals surface area contributed by atoms with Crippen molar-refractivity contribution in [2.75, 3.05) is 40.9 Å². The van der Waals surface area contributed by atoms with E-state index >= 15 is 0 Å². The molecule has 9 heteroatoms. The van der Waals surface area contributed by atoms with E-state index in [1.165, 1.54) is 205 Å². The fraction of sp³-hybridized carbons (Fsp3) is 0.747. The number of nitrogens with one attached hydrogen (secondary N) is 1. The number of likely N-dealkylation sites (N-methyl/N-ethyl adjacent to an activating group) is 1. The number of unbranched alkanes of at least 4 members (excludes halogenated alkanes) is 35. The lowest BCUT2D eigenvalue weighted by atomic mass is 10.0. The number of quaternary nitrogens is 1. The highest BCUT2D eigenvalue weighted by Gasteiger charge is 2.28. The van der Waals surface area contributed by atoms with Crippen molar-refractivity contribution in [1.29, 1.82) is 0 Å². The van der Waals surface area contributed by atoms with Crippen LogP contribution in [0.25, 0.3) is 0 Å². The molecular formula is C75H136N2O6P+. The molecule has 0 saturated heterocycles. The molecule has 0 rings (SSSR count). The molecule has 0 aromatic carbocycles. The van der Waals surface area contributed by atoms with E-state index in [9.17, 15) is 19.4 Å². The monoisotopic (exact) mass is 1190 g/mol. The molecule has 0 radical (unpaired) electrons. The molecule has 3 unspecified atom stereocenters. The number of nitrogens with zero attached hydrogens (tertiary/aromatic N) is 1. The number of aliphatic hydroxyl groups excluding tert-OH is 1. The van der Waals surface area contributed by atoms with Gasteiger partial charge in [-0.3, -0.25) is 13.8 Å². The third-order valence-corrected chi connectivity index (χ3v) is 16.4. The second-order valence-corrected chi connectivity index (χ2v) is 26.3. The van der Waals surface area contributed by atoms with Crippen LogP contribution >= 0.6 is 7.82 Å². The smallest absolute Gasteiger partial charge is 0.387 e. The Labute approximate surface area is 521 Å². The summed E-state index contributed by atoms with van der Waals surface area (Å²) in [6, 6.07) is -0.880. The summed E-state index contributed by atoms with van der Waals surface area (Å²) in [6.07, 6.45) is 95.3. The van der Waals surface area contributed by atoms with Gasteiger partial charge < -0.3 is 19.8 Å². The van der Waals surface area contributed by atoms with E-state index in [0.29, 0.717) is 17.4 Å². The Hall–Kier alpha value is -2.84.